The highest BCUT2D eigenvalue weighted by Crippen LogP contribution is 2.41. The molecule has 1 aliphatic carbocycles. The number of aromatic nitrogens is 3. The molecule has 0 aliphatic heterocycles. The quantitative estimate of drug-likeness (QED) is 0.406. The molecule has 0 amide bonds. The number of hydrogen-bond donors (Lipinski definition) is 1. The van der Waals surface area contributed by atoms with Crippen LogP contribution in [0, 0.1) is 11.3 Å². The van der Waals surface area contributed by atoms with Crippen molar-refractivity contribution in [3.8, 4) is 16.8 Å². The van der Waals surface area contributed by atoms with Crippen molar-refractivity contribution in [2.45, 2.75) is 46.1 Å². The largest absolute Gasteiger partial charge is 0.367 e. The third-order valence-corrected chi connectivity index (χ3v) is 6.43. The molecule has 0 bridgehead atoms. The van der Waals surface area contributed by atoms with Crippen molar-refractivity contribution in [2.75, 3.05) is 5.32 Å². The Morgan fingerprint density at radius 2 is 1.65 bits per heavy atom. The van der Waals surface area contributed by atoms with E-state index in [-0.39, 0.29) is 0 Å². The normalized spacial score (nSPS) is 20.6. The van der Waals surface area contributed by atoms with Crippen LogP contribution in [-0.2, 0) is 0 Å². The standard InChI is InChI=1S/C27H30N4/c1-19-14-21(16-27(2,3)15-19)30-25-24-23(20-10-6-4-7-11-20)17-31(26(24)29-18-28-25)22-12-8-5-9-13-22/h4-13,17-19,21H,14-16H2,1-3H3,(H,28,29,30)/t19-,21-/m1/s1. The third-order valence-electron chi connectivity index (χ3n) is 6.43. The number of nitrogens with zero attached hydrogens (tertiary/aromatic N) is 3. The molecule has 0 unspecified atom stereocenters. The van der Waals surface area contributed by atoms with Gasteiger partial charge >= 0.3 is 0 Å². The molecule has 5 rings (SSSR count). The minimum Gasteiger partial charge on any atom is -0.367 e. The van der Waals surface area contributed by atoms with Gasteiger partial charge in [-0.3, -0.25) is 0 Å². The second kappa shape index (κ2) is 7.84. The van der Waals surface area contributed by atoms with Gasteiger partial charge in [0.25, 0.3) is 0 Å². The maximum atomic E-state index is 4.73. The molecule has 4 nitrogen and oxygen atoms in total. The zero-order chi connectivity index (χ0) is 21.4. The topological polar surface area (TPSA) is 42.7 Å². The van der Waals surface area contributed by atoms with Crippen molar-refractivity contribution < 1.29 is 0 Å². The van der Waals surface area contributed by atoms with E-state index in [9.17, 15) is 0 Å². The molecule has 0 spiro atoms. The van der Waals surface area contributed by atoms with Crippen LogP contribution in [0.3, 0.4) is 0 Å². The molecule has 2 aromatic heterocycles. The molecular formula is C27H30N4. The van der Waals surface area contributed by atoms with Gasteiger partial charge in [-0.2, -0.15) is 0 Å². The minimum atomic E-state index is 0.347. The van der Waals surface area contributed by atoms with E-state index in [1.54, 1.807) is 6.33 Å². The Kier molecular flexibility index (Phi) is 5.01. The molecule has 31 heavy (non-hydrogen) atoms. The number of hydrogen-bond acceptors (Lipinski definition) is 3. The monoisotopic (exact) mass is 410 g/mol. The predicted octanol–water partition coefficient (Wildman–Crippen LogP) is 6.71. The average Bonchev–Trinajstić information content (AvgIpc) is 3.14. The molecule has 2 heterocycles. The summed E-state index contributed by atoms with van der Waals surface area (Å²) in [5, 5.41) is 4.91. The summed E-state index contributed by atoms with van der Waals surface area (Å²) in [4.78, 5) is 9.44. The molecule has 1 fully saturated rings. The summed E-state index contributed by atoms with van der Waals surface area (Å²) in [5.41, 5.74) is 4.72. The maximum absolute atomic E-state index is 4.73. The Labute approximate surface area is 184 Å². The summed E-state index contributed by atoms with van der Waals surface area (Å²) in [7, 11) is 0. The van der Waals surface area contributed by atoms with Crippen LogP contribution in [0.15, 0.2) is 73.2 Å². The predicted molar refractivity (Wildman–Crippen MR) is 129 cm³/mol. The van der Waals surface area contributed by atoms with E-state index >= 15 is 0 Å². The average molecular weight is 411 g/mol. The SMILES string of the molecule is C[C@@H]1C[C@@H](Nc2ncnc3c2c(-c2ccccc2)cn3-c2ccccc2)CC(C)(C)C1. The van der Waals surface area contributed by atoms with Crippen LogP contribution < -0.4 is 5.32 Å². The Hall–Kier alpha value is -3.14. The lowest BCUT2D eigenvalue weighted by atomic mass is 9.70. The van der Waals surface area contributed by atoms with E-state index in [4.69, 9.17) is 9.97 Å². The molecule has 1 aliphatic rings. The summed E-state index contributed by atoms with van der Waals surface area (Å²) in [6.45, 7) is 7.13. The molecule has 1 saturated carbocycles. The first-order valence-corrected chi connectivity index (χ1v) is 11.2. The van der Waals surface area contributed by atoms with Gasteiger partial charge in [0.15, 0.2) is 5.65 Å². The molecule has 4 aromatic rings. The third kappa shape index (κ3) is 3.95. The van der Waals surface area contributed by atoms with E-state index in [0.717, 1.165) is 34.5 Å². The van der Waals surface area contributed by atoms with Gasteiger partial charge < -0.3 is 9.88 Å². The smallest absolute Gasteiger partial charge is 0.150 e. The molecule has 2 atom stereocenters. The minimum absolute atomic E-state index is 0.347. The van der Waals surface area contributed by atoms with Crippen LogP contribution >= 0.6 is 0 Å². The summed E-state index contributed by atoms with van der Waals surface area (Å²) in [5.74, 6) is 1.65. The Bertz CT molecular complexity index is 1180. The lowest BCUT2D eigenvalue weighted by Crippen LogP contribution is -2.35. The summed E-state index contributed by atoms with van der Waals surface area (Å²) >= 11 is 0. The van der Waals surface area contributed by atoms with Gasteiger partial charge in [-0.15, -0.1) is 0 Å². The second-order valence-electron chi connectivity index (χ2n) is 9.79. The van der Waals surface area contributed by atoms with Crippen LogP contribution in [-0.4, -0.2) is 20.6 Å². The number of para-hydroxylation sites is 1. The first-order valence-electron chi connectivity index (χ1n) is 11.2. The maximum Gasteiger partial charge on any atom is 0.150 e. The van der Waals surface area contributed by atoms with Crippen molar-refractivity contribution >= 4 is 16.9 Å². The summed E-state index contributed by atoms with van der Waals surface area (Å²) in [6, 6.07) is 21.4. The van der Waals surface area contributed by atoms with Gasteiger partial charge in [0, 0.05) is 23.5 Å². The fraction of sp³-hybridized carbons (Fsp3) is 0.333. The Morgan fingerprint density at radius 3 is 2.35 bits per heavy atom. The zero-order valence-electron chi connectivity index (χ0n) is 18.5. The van der Waals surface area contributed by atoms with E-state index in [0.29, 0.717) is 17.4 Å². The van der Waals surface area contributed by atoms with Crippen molar-refractivity contribution in [1.82, 2.24) is 14.5 Å². The number of benzene rings is 2. The fourth-order valence-corrected chi connectivity index (χ4v) is 5.44. The number of anilines is 1. The lowest BCUT2D eigenvalue weighted by molar-refractivity contribution is 0.178. The molecule has 0 saturated heterocycles. The highest BCUT2D eigenvalue weighted by Gasteiger charge is 2.32. The van der Waals surface area contributed by atoms with Gasteiger partial charge in [-0.1, -0.05) is 69.3 Å². The van der Waals surface area contributed by atoms with Gasteiger partial charge in [-0.25, -0.2) is 9.97 Å². The van der Waals surface area contributed by atoms with Gasteiger partial charge in [-0.05, 0) is 48.3 Å². The summed E-state index contributed by atoms with van der Waals surface area (Å²) < 4.78 is 2.18. The molecular weight excluding hydrogens is 380 g/mol. The highest BCUT2D eigenvalue weighted by molar-refractivity contribution is 6.02. The van der Waals surface area contributed by atoms with Crippen LogP contribution in [0.2, 0.25) is 0 Å². The van der Waals surface area contributed by atoms with Crippen molar-refractivity contribution in [1.29, 1.82) is 0 Å². The number of nitrogens with one attached hydrogen (secondary N) is 1. The Balaban J connectivity index is 1.65. The van der Waals surface area contributed by atoms with Crippen molar-refractivity contribution in [2.24, 2.45) is 11.3 Å². The summed E-state index contributed by atoms with van der Waals surface area (Å²) in [6.07, 6.45) is 7.50. The van der Waals surface area contributed by atoms with Gasteiger partial charge in [0.1, 0.15) is 12.1 Å². The van der Waals surface area contributed by atoms with E-state index in [1.165, 1.54) is 18.4 Å². The van der Waals surface area contributed by atoms with E-state index in [1.807, 2.05) is 6.07 Å². The van der Waals surface area contributed by atoms with Crippen LogP contribution in [0.4, 0.5) is 5.82 Å². The fourth-order valence-electron chi connectivity index (χ4n) is 5.44. The van der Waals surface area contributed by atoms with Gasteiger partial charge in [0.05, 0.1) is 5.39 Å². The van der Waals surface area contributed by atoms with Crippen LogP contribution in [0.25, 0.3) is 27.8 Å². The van der Waals surface area contributed by atoms with Gasteiger partial charge in [0.2, 0.25) is 0 Å². The molecule has 1 N–H and O–H groups in total. The molecule has 158 valence electrons. The lowest BCUT2D eigenvalue weighted by Gasteiger charge is -2.39. The zero-order valence-corrected chi connectivity index (χ0v) is 18.5. The van der Waals surface area contributed by atoms with Crippen LogP contribution in [0.5, 0.6) is 0 Å². The number of fused-ring (bicyclic) bond motifs is 1. The first-order chi connectivity index (χ1) is 15.0. The van der Waals surface area contributed by atoms with Crippen LogP contribution in [0.1, 0.15) is 40.0 Å². The van der Waals surface area contributed by atoms with E-state index < -0.39 is 0 Å². The molecule has 0 radical (unpaired) electrons. The number of rotatable bonds is 4. The van der Waals surface area contributed by atoms with Crippen molar-refractivity contribution in [3.05, 3.63) is 73.2 Å². The molecule has 4 heteroatoms. The first kappa shape index (κ1) is 19.8. The van der Waals surface area contributed by atoms with Crippen molar-refractivity contribution in [3.63, 3.8) is 0 Å². The second-order valence-corrected chi connectivity index (χ2v) is 9.79. The Morgan fingerprint density at radius 1 is 0.935 bits per heavy atom. The highest BCUT2D eigenvalue weighted by atomic mass is 15.1. The molecule has 2 aromatic carbocycles. The van der Waals surface area contributed by atoms with E-state index in [2.05, 4.69) is 91.4 Å².